The number of amides is 2. The molecule has 1 aliphatic heterocycles. The number of alkyl halides is 1. The molecule has 17 heavy (non-hydrogen) atoms. The zero-order valence-electron chi connectivity index (χ0n) is 8.68. The molecular formula is C11H8ClNO4. The van der Waals surface area contributed by atoms with Crippen molar-refractivity contribution in [3.8, 4) is 0 Å². The zero-order chi connectivity index (χ0) is 12.4. The van der Waals surface area contributed by atoms with Gasteiger partial charge >= 0.3 is 5.97 Å². The van der Waals surface area contributed by atoms with Gasteiger partial charge < -0.3 is 4.74 Å². The molecule has 1 heterocycles. The highest BCUT2D eigenvalue weighted by atomic mass is 35.5. The number of carbonyl (C=O) groups is 3. The van der Waals surface area contributed by atoms with Gasteiger partial charge in [0.1, 0.15) is 5.88 Å². The Kier molecular flexibility index (Phi) is 3.10. The normalized spacial score (nSPS) is 13.8. The molecule has 6 heteroatoms. The van der Waals surface area contributed by atoms with Gasteiger partial charge in [-0.05, 0) is 12.1 Å². The van der Waals surface area contributed by atoms with E-state index in [1.165, 1.54) is 0 Å². The van der Waals surface area contributed by atoms with Crippen molar-refractivity contribution in [2.24, 2.45) is 0 Å². The summed E-state index contributed by atoms with van der Waals surface area (Å²) < 4.78 is 4.66. The number of benzene rings is 1. The van der Waals surface area contributed by atoms with Crippen LogP contribution in [0.4, 0.5) is 0 Å². The molecule has 0 atom stereocenters. The molecule has 0 radical (unpaired) electrons. The average molecular weight is 254 g/mol. The van der Waals surface area contributed by atoms with E-state index in [1.807, 2.05) is 0 Å². The Labute approximate surface area is 102 Å². The van der Waals surface area contributed by atoms with Crippen molar-refractivity contribution in [2.75, 3.05) is 12.6 Å². The van der Waals surface area contributed by atoms with Crippen molar-refractivity contribution in [1.29, 1.82) is 0 Å². The summed E-state index contributed by atoms with van der Waals surface area (Å²) in [7, 11) is 0. The van der Waals surface area contributed by atoms with Crippen LogP contribution in [0.5, 0.6) is 0 Å². The van der Waals surface area contributed by atoms with Crippen LogP contribution in [0.25, 0.3) is 0 Å². The summed E-state index contributed by atoms with van der Waals surface area (Å²) in [4.78, 5) is 35.3. The summed E-state index contributed by atoms with van der Waals surface area (Å²) >= 11 is 5.24. The van der Waals surface area contributed by atoms with E-state index >= 15 is 0 Å². The largest absolute Gasteiger partial charge is 0.443 e. The Morgan fingerprint density at radius 3 is 2.18 bits per heavy atom. The van der Waals surface area contributed by atoms with Gasteiger partial charge in [-0.3, -0.25) is 14.4 Å². The lowest BCUT2D eigenvalue weighted by Crippen LogP contribution is -2.33. The molecule has 5 nitrogen and oxygen atoms in total. The third-order valence-electron chi connectivity index (χ3n) is 2.34. The SMILES string of the molecule is O=C(CCl)OCN1C(=O)c2ccccc2C1=O. The van der Waals surface area contributed by atoms with Crippen LogP contribution < -0.4 is 0 Å². The minimum Gasteiger partial charge on any atom is -0.443 e. The smallest absolute Gasteiger partial charge is 0.322 e. The molecule has 1 aromatic carbocycles. The second-order valence-electron chi connectivity index (χ2n) is 3.36. The predicted octanol–water partition coefficient (Wildman–Crippen LogP) is 1.02. The molecule has 0 saturated heterocycles. The summed E-state index contributed by atoms with van der Waals surface area (Å²) in [5.74, 6) is -1.92. The number of nitrogens with zero attached hydrogens (tertiary/aromatic N) is 1. The predicted molar refractivity (Wildman–Crippen MR) is 58.6 cm³/mol. The molecule has 0 saturated carbocycles. The Morgan fingerprint density at radius 2 is 1.71 bits per heavy atom. The maximum absolute atomic E-state index is 11.8. The number of fused-ring (bicyclic) bond motifs is 1. The van der Waals surface area contributed by atoms with E-state index in [0.717, 1.165) is 4.90 Å². The third kappa shape index (κ3) is 2.01. The van der Waals surface area contributed by atoms with E-state index in [0.29, 0.717) is 11.1 Å². The van der Waals surface area contributed by atoms with Crippen LogP contribution in [0, 0.1) is 0 Å². The van der Waals surface area contributed by atoms with Gasteiger partial charge in [-0.15, -0.1) is 11.6 Å². The lowest BCUT2D eigenvalue weighted by Gasteiger charge is -2.12. The van der Waals surface area contributed by atoms with Crippen LogP contribution in [-0.4, -0.2) is 35.3 Å². The fourth-order valence-electron chi connectivity index (χ4n) is 1.53. The highest BCUT2D eigenvalue weighted by Crippen LogP contribution is 2.21. The van der Waals surface area contributed by atoms with Crippen molar-refractivity contribution in [1.82, 2.24) is 4.90 Å². The molecule has 2 amide bonds. The second-order valence-corrected chi connectivity index (χ2v) is 3.63. The van der Waals surface area contributed by atoms with E-state index in [-0.39, 0.29) is 5.88 Å². The Balaban J connectivity index is 2.16. The van der Waals surface area contributed by atoms with Gasteiger partial charge in [0, 0.05) is 0 Å². The average Bonchev–Trinajstić information content (AvgIpc) is 2.60. The quantitative estimate of drug-likeness (QED) is 0.458. The summed E-state index contributed by atoms with van der Waals surface area (Å²) in [5.41, 5.74) is 0.638. The number of rotatable bonds is 3. The van der Waals surface area contributed by atoms with Crippen molar-refractivity contribution in [2.45, 2.75) is 0 Å². The number of imide groups is 1. The lowest BCUT2D eigenvalue weighted by atomic mass is 10.1. The second kappa shape index (κ2) is 4.55. The van der Waals surface area contributed by atoms with Gasteiger partial charge in [-0.1, -0.05) is 12.1 Å². The van der Waals surface area contributed by atoms with Crippen molar-refractivity contribution in [3.63, 3.8) is 0 Å². The van der Waals surface area contributed by atoms with Gasteiger partial charge in [0.15, 0.2) is 6.73 Å². The maximum Gasteiger partial charge on any atom is 0.322 e. The molecule has 0 unspecified atom stereocenters. The number of hydrogen-bond acceptors (Lipinski definition) is 4. The van der Waals surface area contributed by atoms with Gasteiger partial charge in [-0.2, -0.15) is 0 Å². The Hall–Kier alpha value is -1.88. The highest BCUT2D eigenvalue weighted by Gasteiger charge is 2.35. The van der Waals surface area contributed by atoms with Crippen molar-refractivity contribution >= 4 is 29.4 Å². The zero-order valence-corrected chi connectivity index (χ0v) is 9.44. The van der Waals surface area contributed by atoms with Crippen LogP contribution >= 0.6 is 11.6 Å². The van der Waals surface area contributed by atoms with Crippen LogP contribution in [-0.2, 0) is 9.53 Å². The van der Waals surface area contributed by atoms with Crippen LogP contribution in [0.3, 0.4) is 0 Å². The van der Waals surface area contributed by atoms with Gasteiger partial charge in [0.05, 0.1) is 11.1 Å². The number of esters is 1. The monoisotopic (exact) mass is 253 g/mol. The Bertz CT molecular complexity index is 465. The van der Waals surface area contributed by atoms with E-state index in [1.54, 1.807) is 24.3 Å². The first-order valence-corrected chi connectivity index (χ1v) is 5.35. The first-order valence-electron chi connectivity index (χ1n) is 4.82. The number of halogens is 1. The first-order chi connectivity index (χ1) is 8.15. The molecular weight excluding hydrogens is 246 g/mol. The molecule has 0 aliphatic carbocycles. The topological polar surface area (TPSA) is 63.7 Å². The summed E-state index contributed by atoms with van der Waals surface area (Å²) in [6.07, 6.45) is 0. The number of hydrogen-bond donors (Lipinski definition) is 0. The third-order valence-corrected chi connectivity index (χ3v) is 2.56. The highest BCUT2D eigenvalue weighted by molar-refractivity contribution is 6.26. The Morgan fingerprint density at radius 1 is 1.18 bits per heavy atom. The molecule has 0 aromatic heterocycles. The van der Waals surface area contributed by atoms with Crippen molar-refractivity contribution < 1.29 is 19.1 Å². The number of carbonyl (C=O) groups excluding carboxylic acids is 3. The minimum atomic E-state index is -0.678. The molecule has 1 aliphatic rings. The number of ether oxygens (including phenoxy) is 1. The van der Waals surface area contributed by atoms with E-state index in [4.69, 9.17) is 11.6 Å². The minimum absolute atomic E-state index is 0.316. The van der Waals surface area contributed by atoms with Gasteiger partial charge in [0.25, 0.3) is 11.8 Å². The molecule has 88 valence electrons. The molecule has 2 rings (SSSR count). The van der Waals surface area contributed by atoms with Crippen LogP contribution in [0.15, 0.2) is 24.3 Å². The van der Waals surface area contributed by atoms with Crippen molar-refractivity contribution in [3.05, 3.63) is 35.4 Å². The van der Waals surface area contributed by atoms with E-state index < -0.39 is 24.5 Å². The van der Waals surface area contributed by atoms with Crippen LogP contribution in [0.1, 0.15) is 20.7 Å². The van der Waals surface area contributed by atoms with E-state index in [2.05, 4.69) is 4.74 Å². The molecule has 0 fully saturated rings. The van der Waals surface area contributed by atoms with Crippen LogP contribution in [0.2, 0.25) is 0 Å². The fraction of sp³-hybridized carbons (Fsp3) is 0.182. The molecule has 0 spiro atoms. The summed E-state index contributed by atoms with van der Waals surface area (Å²) in [6.45, 7) is -0.405. The maximum atomic E-state index is 11.8. The first kappa shape index (κ1) is 11.6. The van der Waals surface area contributed by atoms with E-state index in [9.17, 15) is 14.4 Å². The summed E-state index contributed by atoms with van der Waals surface area (Å²) in [6, 6.07) is 6.44. The van der Waals surface area contributed by atoms with Gasteiger partial charge in [0.2, 0.25) is 0 Å². The standard InChI is InChI=1S/C11H8ClNO4/c12-5-9(14)17-6-13-10(15)7-3-1-2-4-8(7)11(13)16/h1-4H,5-6H2. The fourth-order valence-corrected chi connectivity index (χ4v) is 1.61. The lowest BCUT2D eigenvalue weighted by molar-refractivity contribution is -0.143. The molecule has 1 aromatic rings. The molecule has 0 N–H and O–H groups in total. The van der Waals surface area contributed by atoms with Gasteiger partial charge in [-0.25, -0.2) is 4.90 Å². The molecule has 0 bridgehead atoms. The summed E-state index contributed by atoms with van der Waals surface area (Å²) in [5, 5.41) is 0.